The monoisotopic (exact) mass is 436 g/mol. The average Bonchev–Trinajstić information content (AvgIpc) is 3.48. The number of piperidine rings is 1. The van der Waals surface area contributed by atoms with Crippen molar-refractivity contribution in [3.8, 4) is 0 Å². The second kappa shape index (κ2) is 10.6. The number of rotatable bonds is 8. The lowest BCUT2D eigenvalue weighted by atomic mass is 9.84. The van der Waals surface area contributed by atoms with Crippen molar-refractivity contribution in [3.63, 3.8) is 0 Å². The van der Waals surface area contributed by atoms with Crippen molar-refractivity contribution >= 4 is 11.8 Å². The Balaban J connectivity index is 1.42. The number of likely N-dealkylation sites (tertiary alicyclic amines) is 3. The van der Waals surface area contributed by atoms with Crippen molar-refractivity contribution in [1.29, 1.82) is 0 Å². The molecule has 4 aliphatic rings. The summed E-state index contributed by atoms with van der Waals surface area (Å²) in [6.07, 6.45) is 5.47. The number of hydrogen-bond acceptors (Lipinski definition) is 6. The second-order valence-electron chi connectivity index (χ2n) is 9.85. The number of amides is 2. The summed E-state index contributed by atoms with van der Waals surface area (Å²) in [6, 6.07) is 0.898. The van der Waals surface area contributed by atoms with Gasteiger partial charge < -0.3 is 24.6 Å². The van der Waals surface area contributed by atoms with E-state index in [4.69, 9.17) is 9.47 Å². The van der Waals surface area contributed by atoms with Gasteiger partial charge in [0.1, 0.15) is 0 Å². The highest BCUT2D eigenvalue weighted by Gasteiger charge is 2.53. The molecular formula is C23H40N4O4. The first kappa shape index (κ1) is 23.0. The van der Waals surface area contributed by atoms with Crippen LogP contribution in [-0.2, 0) is 19.1 Å². The number of carbonyl (C=O) groups excluding carboxylic acids is 2. The normalized spacial score (nSPS) is 32.5. The summed E-state index contributed by atoms with van der Waals surface area (Å²) in [6.45, 7) is 6.75. The zero-order chi connectivity index (χ0) is 21.8. The molecule has 0 aromatic heterocycles. The zero-order valence-electron chi connectivity index (χ0n) is 19.3. The van der Waals surface area contributed by atoms with Crippen molar-refractivity contribution in [2.24, 2.45) is 11.8 Å². The summed E-state index contributed by atoms with van der Waals surface area (Å²) in [5.41, 5.74) is 0. The maximum atomic E-state index is 13.0. The van der Waals surface area contributed by atoms with Crippen LogP contribution in [0.25, 0.3) is 0 Å². The molecule has 4 heterocycles. The van der Waals surface area contributed by atoms with E-state index in [-0.39, 0.29) is 23.8 Å². The van der Waals surface area contributed by atoms with Gasteiger partial charge in [-0.15, -0.1) is 0 Å². The van der Waals surface area contributed by atoms with E-state index in [2.05, 4.69) is 22.2 Å². The van der Waals surface area contributed by atoms with Crippen LogP contribution < -0.4 is 5.32 Å². The molecule has 8 heteroatoms. The van der Waals surface area contributed by atoms with Gasteiger partial charge in [0.25, 0.3) is 0 Å². The Morgan fingerprint density at radius 2 is 1.84 bits per heavy atom. The van der Waals surface area contributed by atoms with E-state index in [9.17, 15) is 9.59 Å². The molecular weight excluding hydrogens is 396 g/mol. The minimum atomic E-state index is -0.0970. The van der Waals surface area contributed by atoms with Crippen LogP contribution >= 0.6 is 0 Å². The van der Waals surface area contributed by atoms with Gasteiger partial charge in [-0.05, 0) is 51.7 Å². The molecule has 0 unspecified atom stereocenters. The summed E-state index contributed by atoms with van der Waals surface area (Å²) in [5, 5.41) is 2.93. The lowest BCUT2D eigenvalue weighted by Gasteiger charge is -2.37. The number of methoxy groups -OCH3 is 1. The van der Waals surface area contributed by atoms with E-state index in [0.29, 0.717) is 50.6 Å². The van der Waals surface area contributed by atoms with Crippen LogP contribution in [0.5, 0.6) is 0 Å². The number of carbonyl (C=O) groups is 2. The molecule has 176 valence electrons. The number of hydrogen-bond donors (Lipinski definition) is 1. The molecule has 4 fully saturated rings. The molecule has 0 radical (unpaired) electrons. The molecule has 4 rings (SSSR count). The Morgan fingerprint density at radius 3 is 2.55 bits per heavy atom. The first-order chi connectivity index (χ1) is 15.1. The van der Waals surface area contributed by atoms with Crippen molar-refractivity contribution < 1.29 is 19.1 Å². The first-order valence-corrected chi connectivity index (χ1v) is 12.2. The molecule has 1 N–H and O–H groups in total. The van der Waals surface area contributed by atoms with Gasteiger partial charge in [0.2, 0.25) is 11.8 Å². The molecule has 0 saturated carbocycles. The molecule has 0 aliphatic carbocycles. The quantitative estimate of drug-likeness (QED) is 0.561. The molecule has 31 heavy (non-hydrogen) atoms. The molecule has 4 saturated heterocycles. The Hall–Kier alpha value is -1.22. The van der Waals surface area contributed by atoms with E-state index in [1.165, 1.54) is 12.8 Å². The van der Waals surface area contributed by atoms with Crippen molar-refractivity contribution in [1.82, 2.24) is 20.0 Å². The van der Waals surface area contributed by atoms with Gasteiger partial charge in [-0.1, -0.05) is 0 Å². The maximum absolute atomic E-state index is 13.0. The maximum Gasteiger partial charge on any atom is 0.222 e. The molecule has 0 aromatic rings. The highest BCUT2D eigenvalue weighted by atomic mass is 16.5. The average molecular weight is 437 g/mol. The minimum absolute atomic E-state index is 0.0186. The first-order valence-electron chi connectivity index (χ1n) is 12.2. The Bertz CT molecular complexity index is 619. The van der Waals surface area contributed by atoms with Gasteiger partial charge in [0.05, 0.1) is 25.7 Å². The third kappa shape index (κ3) is 5.41. The van der Waals surface area contributed by atoms with E-state index in [0.717, 1.165) is 45.6 Å². The lowest BCUT2D eigenvalue weighted by molar-refractivity contribution is -0.131. The van der Waals surface area contributed by atoms with Crippen LogP contribution in [0.2, 0.25) is 0 Å². The van der Waals surface area contributed by atoms with Crippen molar-refractivity contribution in [3.05, 3.63) is 0 Å². The smallest absolute Gasteiger partial charge is 0.222 e. The van der Waals surface area contributed by atoms with Crippen LogP contribution in [-0.4, -0.2) is 111 Å². The minimum Gasteiger partial charge on any atom is -0.383 e. The van der Waals surface area contributed by atoms with Gasteiger partial charge in [-0.3, -0.25) is 14.5 Å². The number of nitrogens with one attached hydrogen (secondary N) is 1. The Labute approximate surface area is 186 Å². The Morgan fingerprint density at radius 1 is 1.10 bits per heavy atom. The van der Waals surface area contributed by atoms with Crippen LogP contribution in [0.3, 0.4) is 0 Å². The molecule has 4 atom stereocenters. The SMILES string of the molecule is COCCNC(=O)C[C@@H]1OC[C@@H]2[C@H]1[C@H](CC(=O)N1CCCC1)CN2C1CCN(C)CC1. The largest absolute Gasteiger partial charge is 0.383 e. The van der Waals surface area contributed by atoms with Crippen molar-refractivity contribution in [2.75, 3.05) is 66.6 Å². The summed E-state index contributed by atoms with van der Waals surface area (Å²) >= 11 is 0. The lowest BCUT2D eigenvalue weighted by Crippen LogP contribution is -2.47. The highest BCUT2D eigenvalue weighted by Crippen LogP contribution is 2.43. The second-order valence-corrected chi connectivity index (χ2v) is 9.85. The number of nitrogens with zero attached hydrogens (tertiary/aromatic N) is 3. The van der Waals surface area contributed by atoms with Gasteiger partial charge in [-0.2, -0.15) is 0 Å². The predicted molar refractivity (Wildman–Crippen MR) is 118 cm³/mol. The predicted octanol–water partition coefficient (Wildman–Crippen LogP) is 0.561. The van der Waals surface area contributed by atoms with Gasteiger partial charge in [0.15, 0.2) is 0 Å². The summed E-state index contributed by atoms with van der Waals surface area (Å²) < 4.78 is 11.2. The highest BCUT2D eigenvalue weighted by molar-refractivity contribution is 5.77. The van der Waals surface area contributed by atoms with Crippen LogP contribution in [0, 0.1) is 11.8 Å². The van der Waals surface area contributed by atoms with Crippen LogP contribution in [0.1, 0.15) is 38.5 Å². The Kier molecular flexibility index (Phi) is 7.85. The standard InChI is InChI=1S/C23H40N4O4/c1-25-10-5-18(6-11-25)27-15-17(13-22(29)26-8-3-4-9-26)23-19(27)16-31-20(23)14-21(28)24-7-12-30-2/h17-20,23H,3-16H2,1-2H3,(H,24,28)/t17-,19-,20+,23-/m1/s1. The molecule has 8 nitrogen and oxygen atoms in total. The number of ether oxygens (including phenoxy) is 2. The van der Waals surface area contributed by atoms with E-state index in [1.54, 1.807) is 7.11 Å². The fourth-order valence-corrected chi connectivity index (χ4v) is 6.16. The summed E-state index contributed by atoms with van der Waals surface area (Å²) in [4.78, 5) is 32.5. The fourth-order valence-electron chi connectivity index (χ4n) is 6.16. The van der Waals surface area contributed by atoms with Gasteiger partial charge >= 0.3 is 0 Å². The third-order valence-electron chi connectivity index (χ3n) is 7.84. The molecule has 4 aliphatic heterocycles. The van der Waals surface area contributed by atoms with E-state index in [1.807, 2.05) is 4.90 Å². The third-order valence-corrected chi connectivity index (χ3v) is 7.84. The van der Waals surface area contributed by atoms with Crippen LogP contribution in [0.15, 0.2) is 0 Å². The number of fused-ring (bicyclic) bond motifs is 1. The molecule has 0 aromatic carbocycles. The molecule has 2 amide bonds. The van der Waals surface area contributed by atoms with Gasteiger partial charge in [-0.25, -0.2) is 0 Å². The van der Waals surface area contributed by atoms with E-state index >= 15 is 0 Å². The summed E-state index contributed by atoms with van der Waals surface area (Å²) in [7, 11) is 3.83. The summed E-state index contributed by atoms with van der Waals surface area (Å²) in [5.74, 6) is 0.850. The fraction of sp³-hybridized carbons (Fsp3) is 0.913. The van der Waals surface area contributed by atoms with E-state index < -0.39 is 0 Å². The van der Waals surface area contributed by atoms with Gasteiger partial charge in [0, 0.05) is 57.7 Å². The topological polar surface area (TPSA) is 74.3 Å². The molecule has 0 spiro atoms. The van der Waals surface area contributed by atoms with Crippen molar-refractivity contribution in [2.45, 2.75) is 56.7 Å². The van der Waals surface area contributed by atoms with Crippen LogP contribution in [0.4, 0.5) is 0 Å². The molecule has 0 bridgehead atoms. The zero-order valence-corrected chi connectivity index (χ0v) is 19.3.